The molecule has 0 saturated carbocycles. The van der Waals surface area contributed by atoms with Gasteiger partial charge >= 0.3 is 5.97 Å². The van der Waals surface area contributed by atoms with Gasteiger partial charge < -0.3 is 20.7 Å². The highest BCUT2D eigenvalue weighted by atomic mass is 16.5. The summed E-state index contributed by atoms with van der Waals surface area (Å²) in [5.41, 5.74) is 5.98. The number of amidine groups is 1. The summed E-state index contributed by atoms with van der Waals surface area (Å²) in [6.45, 7) is 0. The first-order valence-corrected chi connectivity index (χ1v) is 4.85. The van der Waals surface area contributed by atoms with Gasteiger partial charge in [-0.2, -0.15) is 0 Å². The molecule has 1 rings (SSSR count). The molecule has 0 aliphatic rings. The van der Waals surface area contributed by atoms with Gasteiger partial charge in [-0.1, -0.05) is 18.2 Å². The number of hydrogen-bond acceptors (Lipinski definition) is 5. The van der Waals surface area contributed by atoms with Crippen LogP contribution in [0.2, 0.25) is 0 Å². The summed E-state index contributed by atoms with van der Waals surface area (Å²) in [6.07, 6.45) is -3.08. The quantitative estimate of drug-likeness (QED) is 0.321. The van der Waals surface area contributed by atoms with Crippen molar-refractivity contribution in [2.75, 3.05) is 7.11 Å². The second kappa shape index (κ2) is 5.42. The third-order valence-corrected chi connectivity index (χ3v) is 2.28. The number of nitrogens with one attached hydrogen (secondary N) is 1. The molecule has 6 heteroatoms. The average Bonchev–Trinajstić information content (AvgIpc) is 2.36. The van der Waals surface area contributed by atoms with Crippen LogP contribution in [-0.2, 0) is 9.53 Å². The van der Waals surface area contributed by atoms with E-state index in [1.807, 2.05) is 0 Å². The number of esters is 1. The van der Waals surface area contributed by atoms with E-state index in [0.717, 1.165) is 7.11 Å². The molecular weight excluding hydrogens is 224 g/mol. The molecule has 5 N–H and O–H groups in total. The molecule has 0 amide bonds. The molecule has 0 aliphatic heterocycles. The van der Waals surface area contributed by atoms with Crippen LogP contribution in [0.4, 0.5) is 0 Å². The van der Waals surface area contributed by atoms with Crippen molar-refractivity contribution in [2.45, 2.75) is 12.2 Å². The Morgan fingerprint density at radius 2 is 2.12 bits per heavy atom. The van der Waals surface area contributed by atoms with Gasteiger partial charge in [0.1, 0.15) is 11.9 Å². The van der Waals surface area contributed by atoms with Crippen molar-refractivity contribution >= 4 is 11.8 Å². The minimum absolute atomic E-state index is 0.161. The van der Waals surface area contributed by atoms with Gasteiger partial charge in [0.15, 0.2) is 6.10 Å². The number of nitrogens with two attached hydrogens (primary N) is 1. The molecule has 2 atom stereocenters. The van der Waals surface area contributed by atoms with Crippen molar-refractivity contribution in [1.29, 1.82) is 5.41 Å². The predicted molar refractivity (Wildman–Crippen MR) is 60.4 cm³/mol. The number of nitrogen functional groups attached to an aromatic ring is 1. The molecule has 17 heavy (non-hydrogen) atoms. The highest BCUT2D eigenvalue weighted by Crippen LogP contribution is 2.18. The second-order valence-corrected chi connectivity index (χ2v) is 3.45. The van der Waals surface area contributed by atoms with E-state index < -0.39 is 18.2 Å². The van der Waals surface area contributed by atoms with Crippen LogP contribution in [-0.4, -0.2) is 35.2 Å². The Morgan fingerprint density at radius 3 is 2.65 bits per heavy atom. The van der Waals surface area contributed by atoms with Crippen molar-refractivity contribution in [3.8, 4) is 0 Å². The summed E-state index contributed by atoms with van der Waals surface area (Å²) in [5.74, 6) is -1.09. The Labute approximate surface area is 98.1 Å². The molecule has 6 nitrogen and oxygen atoms in total. The van der Waals surface area contributed by atoms with Crippen molar-refractivity contribution in [3.05, 3.63) is 35.4 Å². The Kier molecular flexibility index (Phi) is 4.19. The van der Waals surface area contributed by atoms with Gasteiger partial charge in [-0.25, -0.2) is 4.79 Å². The van der Waals surface area contributed by atoms with Gasteiger partial charge in [-0.05, 0) is 11.6 Å². The van der Waals surface area contributed by atoms with Gasteiger partial charge in [-0.15, -0.1) is 0 Å². The Bertz CT molecular complexity index is 433. The number of carbonyl (C=O) groups is 1. The third kappa shape index (κ3) is 3.02. The van der Waals surface area contributed by atoms with E-state index in [4.69, 9.17) is 11.1 Å². The van der Waals surface area contributed by atoms with Crippen molar-refractivity contribution < 1.29 is 19.7 Å². The smallest absolute Gasteiger partial charge is 0.337 e. The van der Waals surface area contributed by atoms with Gasteiger partial charge in [-0.3, -0.25) is 5.41 Å². The minimum atomic E-state index is -1.66. The van der Waals surface area contributed by atoms with Crippen molar-refractivity contribution in [3.63, 3.8) is 0 Å². The number of aliphatic hydroxyl groups is 2. The molecule has 0 heterocycles. The number of hydrogen-bond donors (Lipinski definition) is 4. The maximum Gasteiger partial charge on any atom is 0.337 e. The highest BCUT2D eigenvalue weighted by Gasteiger charge is 2.26. The van der Waals surface area contributed by atoms with Crippen LogP contribution in [0.5, 0.6) is 0 Å². The van der Waals surface area contributed by atoms with Crippen molar-refractivity contribution in [1.82, 2.24) is 0 Å². The first-order chi connectivity index (χ1) is 7.97. The van der Waals surface area contributed by atoms with Crippen molar-refractivity contribution in [2.24, 2.45) is 5.73 Å². The average molecular weight is 238 g/mol. The van der Waals surface area contributed by atoms with Crippen LogP contribution in [0, 0.1) is 5.41 Å². The van der Waals surface area contributed by atoms with Crippen LogP contribution in [0.3, 0.4) is 0 Å². The molecule has 1 aromatic carbocycles. The molecule has 0 radical (unpaired) electrons. The fourth-order valence-corrected chi connectivity index (χ4v) is 1.32. The lowest BCUT2D eigenvalue weighted by Crippen LogP contribution is -2.29. The van der Waals surface area contributed by atoms with Crippen LogP contribution >= 0.6 is 0 Å². The maximum atomic E-state index is 11.0. The SMILES string of the molecule is COC(=O)C(O)C(O)c1cccc(C(=N)N)c1. The van der Waals surface area contributed by atoms with Crippen LogP contribution < -0.4 is 5.73 Å². The summed E-state index contributed by atoms with van der Waals surface area (Å²) >= 11 is 0. The number of ether oxygens (including phenoxy) is 1. The lowest BCUT2D eigenvalue weighted by molar-refractivity contribution is -0.156. The fraction of sp³-hybridized carbons (Fsp3) is 0.273. The number of carbonyl (C=O) groups excluding carboxylic acids is 1. The monoisotopic (exact) mass is 238 g/mol. The Balaban J connectivity index is 2.96. The summed E-state index contributed by atoms with van der Waals surface area (Å²) in [7, 11) is 1.12. The molecule has 0 aliphatic carbocycles. The van der Waals surface area contributed by atoms with E-state index in [1.165, 1.54) is 12.1 Å². The van der Waals surface area contributed by atoms with Crippen LogP contribution in [0.15, 0.2) is 24.3 Å². The second-order valence-electron chi connectivity index (χ2n) is 3.45. The van der Waals surface area contributed by atoms with Crippen LogP contribution in [0.25, 0.3) is 0 Å². The molecule has 92 valence electrons. The first-order valence-electron chi connectivity index (χ1n) is 4.85. The van der Waals surface area contributed by atoms with Crippen LogP contribution in [0.1, 0.15) is 17.2 Å². The molecule has 2 unspecified atom stereocenters. The standard InChI is InChI=1S/C11H14N2O4/c1-17-11(16)9(15)8(14)6-3-2-4-7(5-6)10(12)13/h2-5,8-9,14-15H,1H3,(H3,12,13). The third-order valence-electron chi connectivity index (χ3n) is 2.28. The van der Waals surface area contributed by atoms with Gasteiger partial charge in [0.05, 0.1) is 7.11 Å². The number of aliphatic hydroxyl groups excluding tert-OH is 2. The van der Waals surface area contributed by atoms with E-state index >= 15 is 0 Å². The Hall–Kier alpha value is -1.92. The van der Waals surface area contributed by atoms with E-state index in [-0.39, 0.29) is 11.4 Å². The zero-order chi connectivity index (χ0) is 13.0. The summed E-state index contributed by atoms with van der Waals surface area (Å²) in [6, 6.07) is 6.10. The molecule has 0 spiro atoms. The fourth-order valence-electron chi connectivity index (χ4n) is 1.32. The van der Waals surface area contributed by atoms with E-state index in [2.05, 4.69) is 4.74 Å². The number of methoxy groups -OCH3 is 1. The summed E-state index contributed by atoms with van der Waals surface area (Å²) in [4.78, 5) is 11.0. The number of rotatable bonds is 4. The zero-order valence-electron chi connectivity index (χ0n) is 9.25. The van der Waals surface area contributed by atoms with Gasteiger partial charge in [0.2, 0.25) is 0 Å². The topological polar surface area (TPSA) is 117 Å². The summed E-state index contributed by atoms with van der Waals surface area (Å²) < 4.78 is 4.32. The van der Waals surface area contributed by atoms with E-state index in [1.54, 1.807) is 12.1 Å². The first kappa shape index (κ1) is 13.1. The molecule has 0 bridgehead atoms. The van der Waals surface area contributed by atoms with Gasteiger partial charge in [0, 0.05) is 5.56 Å². The summed E-state index contributed by atoms with van der Waals surface area (Å²) in [5, 5.41) is 26.4. The Morgan fingerprint density at radius 1 is 1.47 bits per heavy atom. The molecule has 0 fully saturated rings. The molecule has 0 saturated heterocycles. The van der Waals surface area contributed by atoms with Gasteiger partial charge in [0.25, 0.3) is 0 Å². The highest BCUT2D eigenvalue weighted by molar-refractivity contribution is 5.95. The lowest BCUT2D eigenvalue weighted by Gasteiger charge is -2.16. The predicted octanol–water partition coefficient (Wildman–Crippen LogP) is -0.462. The molecule has 0 aromatic heterocycles. The number of benzene rings is 1. The van der Waals surface area contributed by atoms with E-state index in [0.29, 0.717) is 5.56 Å². The lowest BCUT2D eigenvalue weighted by atomic mass is 10.0. The normalized spacial score (nSPS) is 13.8. The molecule has 1 aromatic rings. The largest absolute Gasteiger partial charge is 0.467 e. The maximum absolute atomic E-state index is 11.0. The molecular formula is C11H14N2O4. The zero-order valence-corrected chi connectivity index (χ0v) is 9.25. The minimum Gasteiger partial charge on any atom is -0.467 e. The van der Waals surface area contributed by atoms with E-state index in [9.17, 15) is 15.0 Å².